The first-order chi connectivity index (χ1) is 11.2. The van der Waals surface area contributed by atoms with Crippen LogP contribution in [0, 0.1) is 15.5 Å². The molecule has 24 heavy (non-hydrogen) atoms. The van der Waals surface area contributed by atoms with Crippen LogP contribution in [0.3, 0.4) is 0 Å². The zero-order valence-electron chi connectivity index (χ0n) is 15.7. The molecule has 0 bridgehead atoms. The molecule has 0 aromatic carbocycles. The van der Waals surface area contributed by atoms with E-state index in [2.05, 4.69) is 30.4 Å². The highest BCUT2D eigenvalue weighted by atomic mass is 32.2. The highest BCUT2D eigenvalue weighted by Gasteiger charge is 2.36. The van der Waals surface area contributed by atoms with E-state index >= 15 is 0 Å². The average molecular weight is 366 g/mol. The molecule has 0 saturated heterocycles. The van der Waals surface area contributed by atoms with Crippen molar-refractivity contribution in [2.24, 2.45) is 5.41 Å². The largest absolute Gasteiger partial charge is 0.304 e. The van der Waals surface area contributed by atoms with Crippen LogP contribution < -0.4 is 4.72 Å². The van der Waals surface area contributed by atoms with Crippen LogP contribution in [0.5, 0.6) is 0 Å². The minimum atomic E-state index is -3.20. The predicted molar refractivity (Wildman–Crippen MR) is 98.3 cm³/mol. The molecular weight excluding hydrogens is 330 g/mol. The van der Waals surface area contributed by atoms with Crippen molar-refractivity contribution < 1.29 is 13.3 Å². The number of nitro groups is 1. The molecule has 0 aromatic rings. The Hall–Kier alpha value is -0.730. The molecule has 0 atom stereocenters. The van der Waals surface area contributed by atoms with Crippen LogP contribution >= 0.6 is 0 Å². The van der Waals surface area contributed by atoms with Gasteiger partial charge in [-0.25, -0.2) is 13.1 Å². The van der Waals surface area contributed by atoms with Gasteiger partial charge in [-0.2, -0.15) is 0 Å². The Bertz CT molecular complexity index is 439. The first kappa shape index (κ1) is 23.3. The normalized spacial score (nSPS) is 17.2. The fourth-order valence-electron chi connectivity index (χ4n) is 3.24. The zero-order chi connectivity index (χ0) is 18.6. The monoisotopic (exact) mass is 365 g/mol. The van der Waals surface area contributed by atoms with Crippen molar-refractivity contribution in [3.05, 3.63) is 10.1 Å². The van der Waals surface area contributed by atoms with Crippen LogP contribution in [-0.2, 0) is 10.0 Å². The lowest BCUT2D eigenvalue weighted by Crippen LogP contribution is -2.36. The average Bonchev–Trinajstić information content (AvgIpc) is 2.48. The van der Waals surface area contributed by atoms with Gasteiger partial charge in [0, 0.05) is 16.9 Å². The molecule has 0 unspecified atom stereocenters. The fraction of sp³-hybridized carbons (Fsp3) is 1.00. The third-order valence-electron chi connectivity index (χ3n) is 4.74. The minimum Gasteiger partial charge on any atom is -0.304 e. The van der Waals surface area contributed by atoms with Gasteiger partial charge in [0.15, 0.2) is 0 Å². The molecule has 1 aliphatic rings. The zero-order valence-corrected chi connectivity index (χ0v) is 16.5. The molecule has 0 amide bonds. The number of sulfonamides is 1. The second-order valence-corrected chi connectivity index (χ2v) is 8.42. The molecule has 1 N–H and O–H groups in total. The Labute approximate surface area is 147 Å². The van der Waals surface area contributed by atoms with Crippen molar-refractivity contribution in [2.75, 3.05) is 39.0 Å². The van der Waals surface area contributed by atoms with Gasteiger partial charge in [0.2, 0.25) is 16.6 Å². The molecule has 0 aromatic heterocycles. The van der Waals surface area contributed by atoms with Gasteiger partial charge in [0.25, 0.3) is 0 Å². The van der Waals surface area contributed by atoms with Gasteiger partial charge >= 0.3 is 0 Å². The van der Waals surface area contributed by atoms with Gasteiger partial charge in [0.1, 0.15) is 0 Å². The molecule has 144 valence electrons. The van der Waals surface area contributed by atoms with E-state index in [9.17, 15) is 18.5 Å². The van der Waals surface area contributed by atoms with Crippen LogP contribution in [0.15, 0.2) is 0 Å². The van der Waals surface area contributed by atoms with Gasteiger partial charge in [-0.1, -0.05) is 40.0 Å². The van der Waals surface area contributed by atoms with Crippen molar-refractivity contribution in [3.63, 3.8) is 0 Å². The van der Waals surface area contributed by atoms with Gasteiger partial charge in [-0.3, -0.25) is 10.1 Å². The third kappa shape index (κ3) is 10.9. The minimum absolute atomic E-state index is 0.0432. The number of nitrogens with one attached hydrogen (secondary N) is 1. The summed E-state index contributed by atoms with van der Waals surface area (Å²) in [5.41, 5.74) is -0.306. The molecule has 1 fully saturated rings. The number of hydrogen-bond donors (Lipinski definition) is 1. The lowest BCUT2D eigenvalue weighted by atomic mass is 9.72. The molecule has 0 spiro atoms. The third-order valence-corrected chi connectivity index (χ3v) is 5.47. The smallest absolute Gasteiger partial charge is 0.209 e. The summed E-state index contributed by atoms with van der Waals surface area (Å²) in [4.78, 5) is 12.8. The van der Waals surface area contributed by atoms with E-state index in [1.54, 1.807) is 0 Å². The number of rotatable bonds is 9. The van der Waals surface area contributed by atoms with Crippen LogP contribution in [0.2, 0.25) is 0 Å². The van der Waals surface area contributed by atoms with Crippen molar-refractivity contribution in [1.82, 2.24) is 9.62 Å². The van der Waals surface area contributed by atoms with Crippen molar-refractivity contribution >= 4 is 10.0 Å². The Morgan fingerprint density at radius 2 is 1.58 bits per heavy atom. The van der Waals surface area contributed by atoms with Gasteiger partial charge in [-0.05, 0) is 38.9 Å². The molecular formula is C16H35N3O4S. The Kier molecular flexibility index (Phi) is 11.4. The summed E-state index contributed by atoms with van der Waals surface area (Å²) < 4.78 is 24.3. The van der Waals surface area contributed by atoms with Crippen molar-refractivity contribution in [3.8, 4) is 0 Å². The fourth-order valence-corrected chi connectivity index (χ4v) is 3.71. The summed E-state index contributed by atoms with van der Waals surface area (Å²) in [6.07, 6.45) is 6.46. The Balaban J connectivity index is 0.000000640. The van der Waals surface area contributed by atoms with E-state index in [0.29, 0.717) is 13.0 Å². The summed E-state index contributed by atoms with van der Waals surface area (Å²) in [5, 5.41) is 10.7. The second-order valence-electron chi connectivity index (χ2n) is 6.59. The van der Waals surface area contributed by atoms with Gasteiger partial charge in [0.05, 0.1) is 6.26 Å². The molecule has 7 nitrogen and oxygen atoms in total. The van der Waals surface area contributed by atoms with Gasteiger partial charge < -0.3 is 4.90 Å². The Morgan fingerprint density at radius 3 is 1.92 bits per heavy atom. The highest BCUT2D eigenvalue weighted by molar-refractivity contribution is 7.88. The van der Waals surface area contributed by atoms with E-state index in [1.165, 1.54) is 19.6 Å². The molecule has 1 aliphatic carbocycles. The quantitative estimate of drug-likeness (QED) is 0.500. The number of hydrogen-bond acceptors (Lipinski definition) is 5. The molecule has 8 heteroatoms. The van der Waals surface area contributed by atoms with Crippen LogP contribution in [0.1, 0.15) is 59.3 Å². The van der Waals surface area contributed by atoms with Crippen LogP contribution in [0.25, 0.3) is 0 Å². The topological polar surface area (TPSA) is 92.6 Å². The Morgan fingerprint density at radius 1 is 1.08 bits per heavy atom. The summed E-state index contributed by atoms with van der Waals surface area (Å²) >= 11 is 0. The maximum absolute atomic E-state index is 11.0. The van der Waals surface area contributed by atoms with Gasteiger partial charge in [-0.15, -0.1) is 0 Å². The van der Waals surface area contributed by atoms with E-state index in [0.717, 1.165) is 38.4 Å². The number of nitrogens with zero attached hydrogens (tertiary/aromatic N) is 2. The van der Waals surface area contributed by atoms with E-state index in [1.807, 2.05) is 0 Å². The summed E-state index contributed by atoms with van der Waals surface area (Å²) in [5.74, 6) is 0. The molecule has 0 radical (unpaired) electrons. The summed E-state index contributed by atoms with van der Waals surface area (Å²) in [7, 11) is -3.20. The molecule has 1 rings (SSSR count). The first-order valence-corrected chi connectivity index (χ1v) is 10.9. The standard InChI is InChI=1S/C10H20N2O4S.C6H15N/c1-17(15,16)11-8-7-10(9-12(13)14)5-3-2-4-6-10;1-4-7(5-2)6-3/h11H,2-9H2,1H3;4-6H2,1-3H3. The lowest BCUT2D eigenvalue weighted by molar-refractivity contribution is -0.499. The SMILES string of the molecule is CCN(CC)CC.CS(=O)(=O)NCCC1(C[N+](=O)[O-])CCCCC1. The highest BCUT2D eigenvalue weighted by Crippen LogP contribution is 2.39. The predicted octanol–water partition coefficient (Wildman–Crippen LogP) is 2.50. The second kappa shape index (κ2) is 11.8. The maximum atomic E-state index is 11.0. The van der Waals surface area contributed by atoms with Crippen molar-refractivity contribution in [2.45, 2.75) is 59.3 Å². The molecule has 0 aliphatic heterocycles. The van der Waals surface area contributed by atoms with Crippen molar-refractivity contribution in [1.29, 1.82) is 0 Å². The summed E-state index contributed by atoms with van der Waals surface area (Å²) in [6, 6.07) is 0. The maximum Gasteiger partial charge on any atom is 0.209 e. The van der Waals surface area contributed by atoms with E-state index in [4.69, 9.17) is 0 Å². The lowest BCUT2D eigenvalue weighted by Gasteiger charge is -2.33. The van der Waals surface area contributed by atoms with Crippen LogP contribution in [-0.4, -0.2) is 57.2 Å². The van der Waals surface area contributed by atoms with Crippen LogP contribution in [0.4, 0.5) is 0 Å². The first-order valence-electron chi connectivity index (χ1n) is 8.96. The summed E-state index contributed by atoms with van der Waals surface area (Å²) in [6.45, 7) is 10.4. The van der Waals surface area contributed by atoms with E-state index in [-0.39, 0.29) is 16.9 Å². The van der Waals surface area contributed by atoms with E-state index < -0.39 is 10.0 Å². The molecule has 1 saturated carbocycles. The molecule has 0 heterocycles.